The summed E-state index contributed by atoms with van der Waals surface area (Å²) in [4.78, 5) is 25.8. The van der Waals surface area contributed by atoms with Crippen LogP contribution in [0.3, 0.4) is 0 Å². The van der Waals surface area contributed by atoms with Crippen LogP contribution in [0.15, 0.2) is 24.3 Å². The third-order valence-corrected chi connectivity index (χ3v) is 3.80. The minimum absolute atomic E-state index is 0.0305. The normalized spacial score (nSPS) is 20.2. The summed E-state index contributed by atoms with van der Waals surface area (Å²) in [7, 11) is 0. The van der Waals surface area contributed by atoms with E-state index in [2.05, 4.69) is 6.92 Å². The van der Waals surface area contributed by atoms with Crippen LogP contribution in [-0.2, 0) is 4.79 Å². The van der Waals surface area contributed by atoms with Crippen LogP contribution in [0.5, 0.6) is 0 Å². The Balaban J connectivity index is 2.01. The van der Waals surface area contributed by atoms with E-state index < -0.39 is 0 Å². The molecule has 102 valence electrons. The zero-order valence-electron chi connectivity index (χ0n) is 11.7. The van der Waals surface area contributed by atoms with Gasteiger partial charge in [-0.25, -0.2) is 0 Å². The summed E-state index contributed by atoms with van der Waals surface area (Å²) in [5, 5.41) is 0. The fourth-order valence-corrected chi connectivity index (χ4v) is 2.34. The number of hydrogen-bond acceptors (Lipinski definition) is 2. The number of benzene rings is 1. The van der Waals surface area contributed by atoms with Crippen LogP contribution in [-0.4, -0.2) is 29.7 Å². The van der Waals surface area contributed by atoms with E-state index in [9.17, 15) is 9.59 Å². The van der Waals surface area contributed by atoms with Crippen LogP contribution >= 0.6 is 0 Å². The second kappa shape index (κ2) is 6.00. The van der Waals surface area contributed by atoms with E-state index in [1.807, 2.05) is 31.2 Å². The Hall–Kier alpha value is -1.64. The van der Waals surface area contributed by atoms with E-state index in [1.165, 1.54) is 0 Å². The van der Waals surface area contributed by atoms with Gasteiger partial charge in [0.05, 0.1) is 6.54 Å². The second-order valence-electron chi connectivity index (χ2n) is 5.54. The lowest BCUT2D eigenvalue weighted by Crippen LogP contribution is -2.35. The molecule has 1 aromatic rings. The van der Waals surface area contributed by atoms with Crippen LogP contribution < -0.4 is 0 Å². The van der Waals surface area contributed by atoms with Gasteiger partial charge in [-0.1, -0.05) is 36.8 Å². The lowest BCUT2D eigenvalue weighted by molar-refractivity contribution is -0.130. The van der Waals surface area contributed by atoms with Crippen molar-refractivity contribution in [2.24, 2.45) is 5.92 Å². The quantitative estimate of drug-likeness (QED) is 0.783. The zero-order valence-corrected chi connectivity index (χ0v) is 11.7. The summed E-state index contributed by atoms with van der Waals surface area (Å²) in [5.74, 6) is 0.719. The number of likely N-dealkylation sites (tertiary alicyclic amines) is 1. The predicted molar refractivity (Wildman–Crippen MR) is 75.1 cm³/mol. The number of hydrogen-bond donors (Lipinski definition) is 0. The Morgan fingerprint density at radius 3 is 2.63 bits per heavy atom. The molecule has 0 bridgehead atoms. The van der Waals surface area contributed by atoms with Crippen molar-refractivity contribution < 1.29 is 9.59 Å². The molecule has 1 aliphatic heterocycles. The summed E-state index contributed by atoms with van der Waals surface area (Å²) in [5.41, 5.74) is 1.83. The monoisotopic (exact) mass is 259 g/mol. The van der Waals surface area contributed by atoms with E-state index >= 15 is 0 Å². The Bertz CT molecular complexity index is 464. The minimum Gasteiger partial charge on any atom is -0.335 e. The topological polar surface area (TPSA) is 37.4 Å². The third-order valence-electron chi connectivity index (χ3n) is 3.80. The molecule has 0 spiro atoms. The van der Waals surface area contributed by atoms with Gasteiger partial charge in [0.1, 0.15) is 0 Å². The molecule has 1 amide bonds. The van der Waals surface area contributed by atoms with Crippen molar-refractivity contribution in [1.29, 1.82) is 0 Å². The molecule has 0 saturated carbocycles. The molecule has 2 rings (SSSR count). The number of carbonyl (C=O) groups is 2. The summed E-state index contributed by atoms with van der Waals surface area (Å²) in [6, 6.07) is 7.53. The Morgan fingerprint density at radius 2 is 1.95 bits per heavy atom. The molecule has 0 aliphatic carbocycles. The van der Waals surface area contributed by atoms with Gasteiger partial charge in [-0.05, 0) is 25.7 Å². The average molecular weight is 259 g/mol. The van der Waals surface area contributed by atoms with E-state index in [1.54, 1.807) is 4.90 Å². The lowest BCUT2D eigenvalue weighted by atomic mass is 10.0. The van der Waals surface area contributed by atoms with Gasteiger partial charge in [-0.3, -0.25) is 9.59 Å². The summed E-state index contributed by atoms with van der Waals surface area (Å²) >= 11 is 0. The van der Waals surface area contributed by atoms with Gasteiger partial charge in [0, 0.05) is 18.5 Å². The van der Waals surface area contributed by atoms with Gasteiger partial charge in [-0.2, -0.15) is 0 Å². The zero-order chi connectivity index (χ0) is 13.8. The highest BCUT2D eigenvalue weighted by atomic mass is 16.2. The SMILES string of the molecule is Cc1ccc(C(=O)CN2CCC(C)CCC2=O)cc1. The third kappa shape index (κ3) is 3.66. The van der Waals surface area contributed by atoms with Gasteiger partial charge in [0.25, 0.3) is 0 Å². The largest absolute Gasteiger partial charge is 0.335 e. The number of Topliss-reactive ketones (excluding diaryl/α,β-unsaturated/α-hetero) is 1. The molecule has 1 aromatic carbocycles. The average Bonchev–Trinajstić information content (AvgIpc) is 2.55. The van der Waals surface area contributed by atoms with Gasteiger partial charge >= 0.3 is 0 Å². The van der Waals surface area contributed by atoms with Crippen molar-refractivity contribution in [3.63, 3.8) is 0 Å². The number of amides is 1. The molecular formula is C16H21NO2. The fraction of sp³-hybridized carbons (Fsp3) is 0.500. The van der Waals surface area contributed by atoms with Gasteiger partial charge in [0.15, 0.2) is 5.78 Å². The van der Waals surface area contributed by atoms with Crippen LogP contribution in [0, 0.1) is 12.8 Å². The summed E-state index contributed by atoms with van der Waals surface area (Å²) in [6.45, 7) is 5.08. The second-order valence-corrected chi connectivity index (χ2v) is 5.54. The van der Waals surface area contributed by atoms with Gasteiger partial charge < -0.3 is 4.90 Å². The number of aryl methyl sites for hydroxylation is 1. The van der Waals surface area contributed by atoms with Gasteiger partial charge in [-0.15, -0.1) is 0 Å². The molecule has 0 N–H and O–H groups in total. The first-order valence-electron chi connectivity index (χ1n) is 6.94. The maximum absolute atomic E-state index is 12.2. The Kier molecular flexibility index (Phi) is 4.35. The van der Waals surface area contributed by atoms with Crippen molar-refractivity contribution in [2.75, 3.05) is 13.1 Å². The summed E-state index contributed by atoms with van der Waals surface area (Å²) < 4.78 is 0. The molecule has 1 unspecified atom stereocenters. The van der Waals surface area contributed by atoms with Crippen molar-refractivity contribution in [1.82, 2.24) is 4.90 Å². The van der Waals surface area contributed by atoms with Crippen LogP contribution in [0.1, 0.15) is 42.1 Å². The summed E-state index contributed by atoms with van der Waals surface area (Å²) in [6.07, 6.45) is 2.50. The minimum atomic E-state index is 0.0305. The molecule has 0 radical (unpaired) electrons. The van der Waals surface area contributed by atoms with E-state index in [4.69, 9.17) is 0 Å². The van der Waals surface area contributed by atoms with E-state index in [0.29, 0.717) is 24.4 Å². The van der Waals surface area contributed by atoms with E-state index in [-0.39, 0.29) is 18.2 Å². The van der Waals surface area contributed by atoms with Crippen molar-refractivity contribution in [3.05, 3.63) is 35.4 Å². The number of carbonyl (C=O) groups excluding carboxylic acids is 2. The highest BCUT2D eigenvalue weighted by molar-refractivity contribution is 5.99. The number of ketones is 1. The predicted octanol–water partition coefficient (Wildman–Crippen LogP) is 2.83. The number of rotatable bonds is 3. The van der Waals surface area contributed by atoms with Crippen LogP contribution in [0.2, 0.25) is 0 Å². The first-order chi connectivity index (χ1) is 9.06. The van der Waals surface area contributed by atoms with Crippen molar-refractivity contribution >= 4 is 11.7 Å². The molecule has 19 heavy (non-hydrogen) atoms. The van der Waals surface area contributed by atoms with Crippen molar-refractivity contribution in [2.45, 2.75) is 33.1 Å². The highest BCUT2D eigenvalue weighted by Gasteiger charge is 2.22. The molecule has 1 atom stereocenters. The smallest absolute Gasteiger partial charge is 0.222 e. The first-order valence-corrected chi connectivity index (χ1v) is 6.94. The molecule has 1 saturated heterocycles. The molecule has 1 aliphatic rings. The molecular weight excluding hydrogens is 238 g/mol. The van der Waals surface area contributed by atoms with Crippen LogP contribution in [0.4, 0.5) is 0 Å². The molecule has 3 heteroatoms. The molecule has 0 aromatic heterocycles. The first kappa shape index (κ1) is 13.8. The fourth-order valence-electron chi connectivity index (χ4n) is 2.34. The van der Waals surface area contributed by atoms with Gasteiger partial charge in [0.2, 0.25) is 5.91 Å². The van der Waals surface area contributed by atoms with Crippen molar-refractivity contribution in [3.8, 4) is 0 Å². The molecule has 1 heterocycles. The van der Waals surface area contributed by atoms with E-state index in [0.717, 1.165) is 18.4 Å². The molecule has 1 fully saturated rings. The van der Waals surface area contributed by atoms with Crippen LogP contribution in [0.25, 0.3) is 0 Å². The number of nitrogens with zero attached hydrogens (tertiary/aromatic N) is 1. The lowest BCUT2D eigenvalue weighted by Gasteiger charge is -2.19. The maximum atomic E-state index is 12.2. The molecule has 3 nitrogen and oxygen atoms in total. The highest BCUT2D eigenvalue weighted by Crippen LogP contribution is 2.18. The maximum Gasteiger partial charge on any atom is 0.222 e. The Morgan fingerprint density at radius 1 is 1.26 bits per heavy atom. The standard InChI is InChI=1S/C16H21NO2/c1-12-3-6-14(7-4-12)15(18)11-17-10-9-13(2)5-8-16(17)19/h3-4,6-7,13H,5,8-11H2,1-2H3. The Labute approximate surface area is 114 Å².